The molecule has 7 heteroatoms. The van der Waals surface area contributed by atoms with E-state index in [1.165, 1.54) is 0 Å². The molecular formula is C22H23N3O4. The van der Waals surface area contributed by atoms with Gasteiger partial charge in [0.05, 0.1) is 26.2 Å². The molecule has 1 saturated heterocycles. The molecule has 2 heterocycles. The molecule has 0 aliphatic carbocycles. The van der Waals surface area contributed by atoms with Crippen molar-refractivity contribution in [2.45, 2.75) is 18.9 Å². The minimum absolute atomic E-state index is 0.00189. The Morgan fingerprint density at radius 1 is 1.14 bits per heavy atom. The highest BCUT2D eigenvalue weighted by atomic mass is 16.5. The normalized spacial score (nSPS) is 13.9. The quantitative estimate of drug-likeness (QED) is 0.548. The Labute approximate surface area is 169 Å². The van der Waals surface area contributed by atoms with Gasteiger partial charge in [0.2, 0.25) is 5.89 Å². The van der Waals surface area contributed by atoms with E-state index in [0.717, 1.165) is 11.3 Å². The molecule has 0 radical (unpaired) electrons. The fourth-order valence-corrected chi connectivity index (χ4v) is 3.18. The minimum Gasteiger partial charge on any atom is -0.497 e. The van der Waals surface area contributed by atoms with E-state index >= 15 is 0 Å². The lowest BCUT2D eigenvalue weighted by molar-refractivity contribution is 0.0569. The summed E-state index contributed by atoms with van der Waals surface area (Å²) < 4.78 is 16.2. The molecule has 2 aromatic carbocycles. The van der Waals surface area contributed by atoms with Gasteiger partial charge in [-0.2, -0.15) is 4.98 Å². The van der Waals surface area contributed by atoms with Crippen molar-refractivity contribution in [3.05, 3.63) is 77.4 Å². The molecule has 1 fully saturated rings. The summed E-state index contributed by atoms with van der Waals surface area (Å²) in [5.41, 5.74) is 1.78. The highest BCUT2D eigenvalue weighted by Crippen LogP contribution is 2.27. The van der Waals surface area contributed by atoms with Crippen molar-refractivity contribution in [2.24, 2.45) is 0 Å². The van der Waals surface area contributed by atoms with Crippen LogP contribution in [-0.4, -0.2) is 47.8 Å². The predicted molar refractivity (Wildman–Crippen MR) is 106 cm³/mol. The third kappa shape index (κ3) is 4.63. The number of carbonyl (C=O) groups excluding carboxylic acids is 1. The van der Waals surface area contributed by atoms with E-state index in [1.807, 2.05) is 30.3 Å². The summed E-state index contributed by atoms with van der Waals surface area (Å²) >= 11 is 0. The van der Waals surface area contributed by atoms with E-state index in [1.54, 1.807) is 36.3 Å². The molecule has 0 atom stereocenters. The summed E-state index contributed by atoms with van der Waals surface area (Å²) in [6.45, 7) is 2.26. The van der Waals surface area contributed by atoms with Gasteiger partial charge in [0.15, 0.2) is 5.82 Å². The molecule has 29 heavy (non-hydrogen) atoms. The SMILES string of the molecule is COc1ccc(C(=O)N2CC(c3nc(CCOCc4ccccc4)no3)C2)cc1. The van der Waals surface area contributed by atoms with Crippen molar-refractivity contribution < 1.29 is 18.8 Å². The average Bonchev–Trinajstić information content (AvgIpc) is 3.19. The number of ether oxygens (including phenoxy) is 2. The number of hydrogen-bond acceptors (Lipinski definition) is 6. The highest BCUT2D eigenvalue weighted by molar-refractivity contribution is 5.95. The Balaban J connectivity index is 1.22. The predicted octanol–water partition coefficient (Wildman–Crippen LogP) is 3.08. The highest BCUT2D eigenvalue weighted by Gasteiger charge is 2.35. The van der Waals surface area contributed by atoms with Gasteiger partial charge < -0.3 is 18.9 Å². The van der Waals surface area contributed by atoms with Crippen LogP contribution in [0.4, 0.5) is 0 Å². The van der Waals surface area contributed by atoms with Gasteiger partial charge in [0, 0.05) is 25.1 Å². The molecule has 0 unspecified atom stereocenters. The summed E-state index contributed by atoms with van der Waals surface area (Å²) in [7, 11) is 1.60. The Kier molecular flexibility index (Phi) is 5.86. The lowest BCUT2D eigenvalue weighted by atomic mass is 9.98. The van der Waals surface area contributed by atoms with Crippen LogP contribution < -0.4 is 4.74 Å². The van der Waals surface area contributed by atoms with Crippen molar-refractivity contribution >= 4 is 5.91 Å². The summed E-state index contributed by atoms with van der Waals surface area (Å²) in [6.07, 6.45) is 0.595. The largest absolute Gasteiger partial charge is 0.497 e. The van der Waals surface area contributed by atoms with Crippen molar-refractivity contribution in [1.82, 2.24) is 15.0 Å². The maximum atomic E-state index is 12.5. The fraction of sp³-hybridized carbons (Fsp3) is 0.318. The molecule has 150 valence electrons. The van der Waals surface area contributed by atoms with E-state index in [9.17, 15) is 4.79 Å². The van der Waals surface area contributed by atoms with Crippen LogP contribution >= 0.6 is 0 Å². The zero-order valence-corrected chi connectivity index (χ0v) is 16.3. The van der Waals surface area contributed by atoms with Crippen LogP contribution in [0.1, 0.15) is 33.6 Å². The van der Waals surface area contributed by atoms with E-state index in [4.69, 9.17) is 14.0 Å². The number of nitrogens with zero attached hydrogens (tertiary/aromatic N) is 3. The van der Waals surface area contributed by atoms with Crippen LogP contribution in [0.25, 0.3) is 0 Å². The zero-order valence-electron chi connectivity index (χ0n) is 16.3. The number of benzene rings is 2. The van der Waals surface area contributed by atoms with Crippen molar-refractivity contribution in [3.8, 4) is 5.75 Å². The third-order valence-electron chi connectivity index (χ3n) is 4.92. The van der Waals surface area contributed by atoms with Gasteiger partial charge in [0.25, 0.3) is 5.91 Å². The Morgan fingerprint density at radius 2 is 1.90 bits per heavy atom. The van der Waals surface area contributed by atoms with E-state index in [-0.39, 0.29) is 11.8 Å². The number of carbonyl (C=O) groups is 1. The second-order valence-corrected chi connectivity index (χ2v) is 6.97. The topological polar surface area (TPSA) is 77.7 Å². The summed E-state index contributed by atoms with van der Waals surface area (Å²) in [6, 6.07) is 17.1. The van der Waals surface area contributed by atoms with Crippen LogP contribution in [0.5, 0.6) is 5.75 Å². The van der Waals surface area contributed by atoms with Crippen molar-refractivity contribution in [1.29, 1.82) is 0 Å². The van der Waals surface area contributed by atoms with Gasteiger partial charge in [-0.1, -0.05) is 35.5 Å². The third-order valence-corrected chi connectivity index (χ3v) is 4.92. The van der Waals surface area contributed by atoms with Crippen molar-refractivity contribution in [3.63, 3.8) is 0 Å². The molecule has 7 nitrogen and oxygen atoms in total. The molecule has 1 aliphatic heterocycles. The van der Waals surface area contributed by atoms with Crippen LogP contribution in [-0.2, 0) is 17.8 Å². The molecule has 1 amide bonds. The number of rotatable bonds is 8. The number of aromatic nitrogens is 2. The van der Waals surface area contributed by atoms with Gasteiger partial charge in [-0.25, -0.2) is 0 Å². The van der Waals surface area contributed by atoms with Gasteiger partial charge in [0.1, 0.15) is 5.75 Å². The lowest BCUT2D eigenvalue weighted by Crippen LogP contribution is -2.48. The van der Waals surface area contributed by atoms with Gasteiger partial charge in [-0.3, -0.25) is 4.79 Å². The second kappa shape index (κ2) is 8.87. The fourth-order valence-electron chi connectivity index (χ4n) is 3.18. The Bertz CT molecular complexity index is 934. The molecule has 1 aliphatic rings. The first-order valence-corrected chi connectivity index (χ1v) is 9.60. The van der Waals surface area contributed by atoms with Crippen LogP contribution in [0.3, 0.4) is 0 Å². The number of methoxy groups -OCH3 is 1. The number of amides is 1. The van der Waals surface area contributed by atoms with Crippen LogP contribution in [0.2, 0.25) is 0 Å². The first kappa shape index (κ1) is 19.1. The zero-order chi connectivity index (χ0) is 20.1. The van der Waals surface area contributed by atoms with E-state index in [2.05, 4.69) is 10.1 Å². The van der Waals surface area contributed by atoms with Crippen molar-refractivity contribution in [2.75, 3.05) is 26.8 Å². The van der Waals surface area contributed by atoms with Crippen LogP contribution in [0.15, 0.2) is 59.1 Å². The molecule has 0 bridgehead atoms. The van der Waals surface area contributed by atoms with E-state index < -0.39 is 0 Å². The number of likely N-dealkylation sites (tertiary alicyclic amines) is 1. The van der Waals surface area contributed by atoms with Gasteiger partial charge in [-0.15, -0.1) is 0 Å². The first-order valence-electron chi connectivity index (χ1n) is 9.60. The molecule has 1 aromatic heterocycles. The van der Waals surface area contributed by atoms with E-state index in [0.29, 0.717) is 50.0 Å². The maximum Gasteiger partial charge on any atom is 0.253 e. The Hall–Kier alpha value is -3.19. The standard InChI is InChI=1S/C22H23N3O4/c1-27-19-9-7-17(8-10-19)22(26)25-13-18(14-25)21-23-20(24-29-21)11-12-28-15-16-5-3-2-4-6-16/h2-10,18H,11-15H2,1H3. The summed E-state index contributed by atoms with van der Waals surface area (Å²) in [5, 5.41) is 4.03. The summed E-state index contributed by atoms with van der Waals surface area (Å²) in [4.78, 5) is 18.7. The second-order valence-electron chi connectivity index (χ2n) is 6.97. The monoisotopic (exact) mass is 393 g/mol. The first-order chi connectivity index (χ1) is 14.2. The van der Waals surface area contributed by atoms with Crippen LogP contribution in [0, 0.1) is 0 Å². The molecule has 0 saturated carbocycles. The molecule has 0 spiro atoms. The minimum atomic E-state index is -0.00189. The lowest BCUT2D eigenvalue weighted by Gasteiger charge is -2.37. The summed E-state index contributed by atoms with van der Waals surface area (Å²) in [5.74, 6) is 2.03. The number of hydrogen-bond donors (Lipinski definition) is 0. The molecule has 3 aromatic rings. The molecule has 0 N–H and O–H groups in total. The molecule has 4 rings (SSSR count). The average molecular weight is 393 g/mol. The van der Waals surface area contributed by atoms with Gasteiger partial charge >= 0.3 is 0 Å². The van der Waals surface area contributed by atoms with Gasteiger partial charge in [-0.05, 0) is 29.8 Å². The smallest absolute Gasteiger partial charge is 0.253 e. The maximum absolute atomic E-state index is 12.5. The molecular weight excluding hydrogens is 370 g/mol. The Morgan fingerprint density at radius 3 is 2.62 bits per heavy atom.